The second-order valence-corrected chi connectivity index (χ2v) is 7.96. The Morgan fingerprint density at radius 1 is 1.25 bits per heavy atom. The number of benzene rings is 1. The van der Waals surface area contributed by atoms with Gasteiger partial charge in [-0.3, -0.25) is 0 Å². The van der Waals surface area contributed by atoms with Crippen LogP contribution in [0.2, 0.25) is 0 Å². The monoisotopic (exact) mass is 294 g/mol. The summed E-state index contributed by atoms with van der Waals surface area (Å²) in [5.41, 5.74) is 1.94. The maximum atomic E-state index is 12.8. The van der Waals surface area contributed by atoms with Crippen molar-refractivity contribution in [2.45, 2.75) is 37.6 Å². The van der Waals surface area contributed by atoms with Crippen LogP contribution in [-0.2, 0) is 10.0 Å². The Bertz CT molecular complexity index is 598. The average Bonchev–Trinajstić information content (AvgIpc) is 2.82. The normalized spacial score (nSPS) is 27.5. The van der Waals surface area contributed by atoms with Crippen LogP contribution in [-0.4, -0.2) is 38.4 Å². The van der Waals surface area contributed by atoms with E-state index in [-0.39, 0.29) is 0 Å². The predicted octanol–water partition coefficient (Wildman–Crippen LogP) is 1.68. The van der Waals surface area contributed by atoms with Gasteiger partial charge in [-0.05, 0) is 50.8 Å². The van der Waals surface area contributed by atoms with Gasteiger partial charge in [0.1, 0.15) is 0 Å². The number of sulfonamides is 1. The Kier molecular flexibility index (Phi) is 3.60. The van der Waals surface area contributed by atoms with Gasteiger partial charge >= 0.3 is 0 Å². The zero-order valence-corrected chi connectivity index (χ0v) is 12.9. The molecule has 110 valence electrons. The minimum atomic E-state index is -3.35. The van der Waals surface area contributed by atoms with E-state index in [1.165, 1.54) is 0 Å². The molecule has 1 N–H and O–H groups in total. The Morgan fingerprint density at radius 3 is 2.75 bits per heavy atom. The molecule has 0 bridgehead atoms. The van der Waals surface area contributed by atoms with Gasteiger partial charge in [-0.1, -0.05) is 17.7 Å². The van der Waals surface area contributed by atoms with Crippen molar-refractivity contribution in [3.63, 3.8) is 0 Å². The van der Waals surface area contributed by atoms with Crippen molar-refractivity contribution in [3.8, 4) is 0 Å². The standard InChI is InChI=1S/C15H22N2O2S/c1-11-5-6-15(12(2)8-11)20(18,19)17-9-13-4-3-7-16-14(13)10-17/h5-6,8,13-14,16H,3-4,7,9-10H2,1-2H3/t13-,14+/m0/s1. The lowest BCUT2D eigenvalue weighted by molar-refractivity contribution is 0.339. The van der Waals surface area contributed by atoms with E-state index in [1.54, 1.807) is 10.4 Å². The SMILES string of the molecule is Cc1ccc(S(=O)(=O)N2C[C@@H]3CCCN[C@@H]3C2)c(C)c1. The smallest absolute Gasteiger partial charge is 0.243 e. The van der Waals surface area contributed by atoms with E-state index >= 15 is 0 Å². The molecule has 5 heteroatoms. The Hall–Kier alpha value is -0.910. The van der Waals surface area contributed by atoms with Gasteiger partial charge in [-0.15, -0.1) is 0 Å². The zero-order valence-electron chi connectivity index (χ0n) is 12.1. The number of hydrogen-bond donors (Lipinski definition) is 1. The number of piperidine rings is 1. The first-order chi connectivity index (χ1) is 9.48. The number of aryl methyl sites for hydroxylation is 2. The highest BCUT2D eigenvalue weighted by atomic mass is 32.2. The van der Waals surface area contributed by atoms with Crippen molar-refractivity contribution in [3.05, 3.63) is 29.3 Å². The van der Waals surface area contributed by atoms with Crippen molar-refractivity contribution in [1.29, 1.82) is 0 Å². The molecule has 2 heterocycles. The third-order valence-electron chi connectivity index (χ3n) is 4.51. The second kappa shape index (κ2) is 5.13. The third kappa shape index (κ3) is 2.38. The first-order valence-corrected chi connectivity index (χ1v) is 8.73. The molecule has 20 heavy (non-hydrogen) atoms. The van der Waals surface area contributed by atoms with Crippen LogP contribution in [0.15, 0.2) is 23.1 Å². The minimum absolute atomic E-state index is 0.337. The molecule has 0 unspecified atom stereocenters. The summed E-state index contributed by atoms with van der Waals surface area (Å²) in [5.74, 6) is 0.476. The van der Waals surface area contributed by atoms with Gasteiger partial charge in [0, 0.05) is 19.1 Å². The molecule has 4 nitrogen and oxygen atoms in total. The first-order valence-electron chi connectivity index (χ1n) is 7.29. The molecular weight excluding hydrogens is 272 g/mol. The van der Waals surface area contributed by atoms with Crippen molar-refractivity contribution in [2.75, 3.05) is 19.6 Å². The molecule has 2 aliphatic rings. The lowest BCUT2D eigenvalue weighted by Crippen LogP contribution is -2.41. The molecular formula is C15H22N2O2S. The number of nitrogens with one attached hydrogen (secondary N) is 1. The van der Waals surface area contributed by atoms with Gasteiger partial charge in [0.25, 0.3) is 0 Å². The van der Waals surface area contributed by atoms with Gasteiger partial charge in [0.05, 0.1) is 4.90 Å². The average molecular weight is 294 g/mol. The van der Waals surface area contributed by atoms with Gasteiger partial charge in [0.15, 0.2) is 0 Å². The quantitative estimate of drug-likeness (QED) is 0.903. The number of hydrogen-bond acceptors (Lipinski definition) is 3. The number of fused-ring (bicyclic) bond motifs is 1. The van der Waals surface area contributed by atoms with Gasteiger partial charge in [-0.25, -0.2) is 8.42 Å². The number of nitrogens with zero attached hydrogens (tertiary/aromatic N) is 1. The summed E-state index contributed by atoms with van der Waals surface area (Å²) < 4.78 is 27.3. The molecule has 2 aliphatic heterocycles. The Morgan fingerprint density at radius 2 is 2.05 bits per heavy atom. The second-order valence-electron chi connectivity index (χ2n) is 6.05. The van der Waals surface area contributed by atoms with Crippen LogP contribution in [0.1, 0.15) is 24.0 Å². The lowest BCUT2D eigenvalue weighted by Gasteiger charge is -2.24. The molecule has 0 aromatic heterocycles. The van der Waals surface area contributed by atoms with Crippen LogP contribution in [0, 0.1) is 19.8 Å². The Labute approximate surface area is 121 Å². The fourth-order valence-corrected chi connectivity index (χ4v) is 5.16. The van der Waals surface area contributed by atoms with E-state index in [0.29, 0.717) is 29.9 Å². The van der Waals surface area contributed by atoms with E-state index in [1.807, 2.05) is 26.0 Å². The van der Waals surface area contributed by atoms with Crippen LogP contribution in [0.5, 0.6) is 0 Å². The summed E-state index contributed by atoms with van der Waals surface area (Å²) in [5, 5.41) is 3.45. The van der Waals surface area contributed by atoms with E-state index in [9.17, 15) is 8.42 Å². The van der Waals surface area contributed by atoms with E-state index in [0.717, 1.165) is 30.5 Å². The summed E-state index contributed by atoms with van der Waals surface area (Å²) in [4.78, 5) is 0.460. The van der Waals surface area contributed by atoms with Crippen molar-refractivity contribution < 1.29 is 8.42 Å². The van der Waals surface area contributed by atoms with Gasteiger partial charge < -0.3 is 5.32 Å². The maximum absolute atomic E-state index is 12.8. The van der Waals surface area contributed by atoms with Gasteiger partial charge in [0.2, 0.25) is 10.0 Å². The molecule has 3 rings (SSSR count). The molecule has 0 radical (unpaired) electrons. The van der Waals surface area contributed by atoms with Crippen LogP contribution in [0.4, 0.5) is 0 Å². The minimum Gasteiger partial charge on any atom is -0.312 e. The van der Waals surface area contributed by atoms with Crippen molar-refractivity contribution >= 4 is 10.0 Å². The topological polar surface area (TPSA) is 49.4 Å². The molecule has 2 saturated heterocycles. The molecule has 1 aromatic rings. The molecule has 0 amide bonds. The Balaban J connectivity index is 1.89. The van der Waals surface area contributed by atoms with E-state index < -0.39 is 10.0 Å². The van der Waals surface area contributed by atoms with E-state index in [2.05, 4.69) is 5.32 Å². The predicted molar refractivity (Wildman–Crippen MR) is 79.2 cm³/mol. The van der Waals surface area contributed by atoms with Crippen LogP contribution >= 0.6 is 0 Å². The molecule has 0 aliphatic carbocycles. The van der Waals surface area contributed by atoms with Crippen LogP contribution in [0.25, 0.3) is 0 Å². The molecule has 2 atom stereocenters. The third-order valence-corrected chi connectivity index (χ3v) is 6.51. The first kappa shape index (κ1) is 14.0. The highest BCUT2D eigenvalue weighted by Crippen LogP contribution is 2.30. The zero-order chi connectivity index (χ0) is 14.3. The molecule has 0 saturated carbocycles. The largest absolute Gasteiger partial charge is 0.312 e. The highest BCUT2D eigenvalue weighted by Gasteiger charge is 2.40. The fourth-order valence-electron chi connectivity index (χ4n) is 3.43. The maximum Gasteiger partial charge on any atom is 0.243 e. The fraction of sp³-hybridized carbons (Fsp3) is 0.600. The number of rotatable bonds is 2. The van der Waals surface area contributed by atoms with Crippen molar-refractivity contribution in [1.82, 2.24) is 9.62 Å². The summed E-state index contributed by atoms with van der Waals surface area (Å²) >= 11 is 0. The molecule has 1 aromatic carbocycles. The van der Waals surface area contributed by atoms with Crippen LogP contribution in [0.3, 0.4) is 0 Å². The summed E-state index contributed by atoms with van der Waals surface area (Å²) in [7, 11) is -3.35. The molecule has 2 fully saturated rings. The highest BCUT2D eigenvalue weighted by molar-refractivity contribution is 7.89. The summed E-state index contributed by atoms with van der Waals surface area (Å²) in [6.07, 6.45) is 2.29. The summed E-state index contributed by atoms with van der Waals surface area (Å²) in [6, 6.07) is 5.90. The van der Waals surface area contributed by atoms with Gasteiger partial charge in [-0.2, -0.15) is 4.31 Å². The summed E-state index contributed by atoms with van der Waals surface area (Å²) in [6.45, 7) is 6.14. The lowest BCUT2D eigenvalue weighted by atomic mass is 9.94. The van der Waals surface area contributed by atoms with E-state index in [4.69, 9.17) is 0 Å². The van der Waals surface area contributed by atoms with Crippen LogP contribution < -0.4 is 5.32 Å². The van der Waals surface area contributed by atoms with Crippen molar-refractivity contribution in [2.24, 2.45) is 5.92 Å². The molecule has 0 spiro atoms.